The number of rotatable bonds is 0. The van der Waals surface area contributed by atoms with Gasteiger partial charge in [-0.05, 0) is 19.8 Å². The molecule has 1 aromatic heterocycles. The standard InChI is InChI=1S/C10H14N2O.ClH/c1-8-7-11-9-5-3-2-4-6-12(9)10(8)13;/h7H,2-6H2,1H3;1H. The summed E-state index contributed by atoms with van der Waals surface area (Å²) in [6.07, 6.45) is 6.13. The van der Waals surface area contributed by atoms with Gasteiger partial charge in [0, 0.05) is 24.7 Å². The Hall–Kier alpha value is -0.830. The van der Waals surface area contributed by atoms with Crippen molar-refractivity contribution in [2.75, 3.05) is 0 Å². The Balaban J connectivity index is 0.000000980. The third-order valence-electron chi connectivity index (χ3n) is 2.58. The summed E-state index contributed by atoms with van der Waals surface area (Å²) in [5, 5.41) is 0. The minimum atomic E-state index is 0. The molecule has 1 aliphatic rings. The molecule has 0 aromatic carbocycles. The van der Waals surface area contributed by atoms with Crippen LogP contribution in [0.4, 0.5) is 0 Å². The second-order valence-corrected chi connectivity index (χ2v) is 3.62. The monoisotopic (exact) mass is 214 g/mol. The number of hydrogen-bond donors (Lipinski definition) is 0. The zero-order valence-electron chi connectivity index (χ0n) is 8.32. The van der Waals surface area contributed by atoms with Gasteiger partial charge in [-0.15, -0.1) is 12.4 Å². The van der Waals surface area contributed by atoms with E-state index in [0.717, 1.165) is 37.2 Å². The maximum atomic E-state index is 11.7. The molecule has 0 fully saturated rings. The predicted molar refractivity (Wildman–Crippen MR) is 58.0 cm³/mol. The molecule has 0 amide bonds. The van der Waals surface area contributed by atoms with Gasteiger partial charge in [0.1, 0.15) is 5.82 Å². The molecule has 1 aliphatic heterocycles. The number of fused-ring (bicyclic) bond motifs is 1. The zero-order chi connectivity index (χ0) is 9.26. The highest BCUT2D eigenvalue weighted by Crippen LogP contribution is 2.10. The molecule has 0 radical (unpaired) electrons. The van der Waals surface area contributed by atoms with Crippen LogP contribution in [0.2, 0.25) is 0 Å². The van der Waals surface area contributed by atoms with Crippen LogP contribution in [0.5, 0.6) is 0 Å². The summed E-state index contributed by atoms with van der Waals surface area (Å²) in [6.45, 7) is 2.68. The first-order valence-electron chi connectivity index (χ1n) is 4.84. The highest BCUT2D eigenvalue weighted by molar-refractivity contribution is 5.85. The Bertz CT molecular complexity index is 373. The fraction of sp³-hybridized carbons (Fsp3) is 0.600. The average molecular weight is 215 g/mol. The lowest BCUT2D eigenvalue weighted by molar-refractivity contribution is 0.605. The van der Waals surface area contributed by atoms with Crippen LogP contribution in [0.25, 0.3) is 0 Å². The molecule has 0 unspecified atom stereocenters. The lowest BCUT2D eigenvalue weighted by atomic mass is 10.2. The Kier molecular flexibility index (Phi) is 3.69. The minimum Gasteiger partial charge on any atom is -0.296 e. The van der Waals surface area contributed by atoms with Crippen LogP contribution in [0, 0.1) is 6.92 Å². The zero-order valence-corrected chi connectivity index (χ0v) is 9.14. The maximum Gasteiger partial charge on any atom is 0.256 e. The van der Waals surface area contributed by atoms with Gasteiger partial charge < -0.3 is 0 Å². The smallest absolute Gasteiger partial charge is 0.256 e. The van der Waals surface area contributed by atoms with Crippen LogP contribution in [0.15, 0.2) is 11.0 Å². The third kappa shape index (κ3) is 1.98. The van der Waals surface area contributed by atoms with Crippen molar-refractivity contribution in [2.24, 2.45) is 0 Å². The largest absolute Gasteiger partial charge is 0.296 e. The van der Waals surface area contributed by atoms with E-state index in [-0.39, 0.29) is 18.0 Å². The Labute approximate surface area is 89.6 Å². The molecular weight excluding hydrogens is 200 g/mol. The summed E-state index contributed by atoms with van der Waals surface area (Å²) in [6, 6.07) is 0. The topological polar surface area (TPSA) is 34.9 Å². The summed E-state index contributed by atoms with van der Waals surface area (Å²) in [4.78, 5) is 16.0. The van der Waals surface area contributed by atoms with E-state index >= 15 is 0 Å². The molecule has 4 heteroatoms. The number of halogens is 1. The fourth-order valence-corrected chi connectivity index (χ4v) is 1.79. The van der Waals surface area contributed by atoms with Crippen molar-refractivity contribution in [1.82, 2.24) is 9.55 Å². The van der Waals surface area contributed by atoms with Gasteiger partial charge in [-0.1, -0.05) is 6.42 Å². The van der Waals surface area contributed by atoms with Crippen molar-refractivity contribution in [1.29, 1.82) is 0 Å². The van der Waals surface area contributed by atoms with Gasteiger partial charge in [-0.3, -0.25) is 9.36 Å². The number of nitrogens with zero attached hydrogens (tertiary/aromatic N) is 2. The molecule has 0 aliphatic carbocycles. The van der Waals surface area contributed by atoms with Gasteiger partial charge in [-0.25, -0.2) is 4.98 Å². The first-order chi connectivity index (χ1) is 6.29. The SMILES string of the molecule is Cc1cnc2n(c1=O)CCCCC2.Cl. The third-order valence-corrected chi connectivity index (χ3v) is 2.58. The maximum absolute atomic E-state index is 11.7. The second kappa shape index (κ2) is 4.60. The van der Waals surface area contributed by atoms with Gasteiger partial charge >= 0.3 is 0 Å². The molecule has 0 bridgehead atoms. The van der Waals surface area contributed by atoms with E-state index in [1.54, 1.807) is 6.20 Å². The highest BCUT2D eigenvalue weighted by Gasteiger charge is 2.10. The van der Waals surface area contributed by atoms with Crippen molar-refractivity contribution in [3.05, 3.63) is 27.9 Å². The highest BCUT2D eigenvalue weighted by atomic mass is 35.5. The van der Waals surface area contributed by atoms with Gasteiger partial charge in [0.05, 0.1) is 0 Å². The Morgan fingerprint density at radius 1 is 1.36 bits per heavy atom. The van der Waals surface area contributed by atoms with E-state index in [1.807, 2.05) is 11.5 Å². The lowest BCUT2D eigenvalue weighted by Gasteiger charge is -2.07. The van der Waals surface area contributed by atoms with E-state index < -0.39 is 0 Å². The molecule has 0 atom stereocenters. The summed E-state index contributed by atoms with van der Waals surface area (Å²) in [7, 11) is 0. The Morgan fingerprint density at radius 2 is 2.14 bits per heavy atom. The normalized spacial score (nSPS) is 15.2. The molecule has 0 saturated carbocycles. The second-order valence-electron chi connectivity index (χ2n) is 3.62. The van der Waals surface area contributed by atoms with Gasteiger partial charge in [0.25, 0.3) is 5.56 Å². The van der Waals surface area contributed by atoms with Crippen LogP contribution >= 0.6 is 12.4 Å². The molecule has 0 N–H and O–H groups in total. The lowest BCUT2D eigenvalue weighted by Crippen LogP contribution is -2.25. The number of aromatic nitrogens is 2. The summed E-state index contributed by atoms with van der Waals surface area (Å²) < 4.78 is 1.84. The first kappa shape index (κ1) is 11.2. The van der Waals surface area contributed by atoms with Crippen molar-refractivity contribution in [3.8, 4) is 0 Å². The Morgan fingerprint density at radius 3 is 2.93 bits per heavy atom. The van der Waals surface area contributed by atoms with E-state index in [0.29, 0.717) is 0 Å². The van der Waals surface area contributed by atoms with Crippen molar-refractivity contribution >= 4 is 12.4 Å². The van der Waals surface area contributed by atoms with E-state index in [9.17, 15) is 4.79 Å². The van der Waals surface area contributed by atoms with Gasteiger partial charge in [-0.2, -0.15) is 0 Å². The van der Waals surface area contributed by atoms with E-state index in [2.05, 4.69) is 4.98 Å². The van der Waals surface area contributed by atoms with Crippen LogP contribution < -0.4 is 5.56 Å². The van der Waals surface area contributed by atoms with Crippen LogP contribution in [-0.4, -0.2) is 9.55 Å². The fourth-order valence-electron chi connectivity index (χ4n) is 1.79. The van der Waals surface area contributed by atoms with Crippen molar-refractivity contribution < 1.29 is 0 Å². The molecule has 1 aromatic rings. The summed E-state index contributed by atoms with van der Waals surface area (Å²) in [5.74, 6) is 0.966. The van der Waals surface area contributed by atoms with Crippen LogP contribution in [0.3, 0.4) is 0 Å². The molecule has 0 spiro atoms. The first-order valence-corrected chi connectivity index (χ1v) is 4.84. The molecular formula is C10H15ClN2O. The van der Waals surface area contributed by atoms with E-state index in [4.69, 9.17) is 0 Å². The number of hydrogen-bond acceptors (Lipinski definition) is 2. The predicted octanol–water partition coefficient (Wildman–Crippen LogP) is 1.70. The molecule has 0 saturated heterocycles. The van der Waals surface area contributed by atoms with Crippen molar-refractivity contribution in [3.63, 3.8) is 0 Å². The van der Waals surface area contributed by atoms with Crippen molar-refractivity contribution in [2.45, 2.75) is 39.2 Å². The summed E-state index contributed by atoms with van der Waals surface area (Å²) in [5.41, 5.74) is 0.901. The molecule has 14 heavy (non-hydrogen) atoms. The van der Waals surface area contributed by atoms with Gasteiger partial charge in [0.15, 0.2) is 0 Å². The molecule has 78 valence electrons. The van der Waals surface area contributed by atoms with Crippen LogP contribution in [0.1, 0.15) is 30.7 Å². The quantitative estimate of drug-likeness (QED) is 0.659. The summed E-state index contributed by atoms with van der Waals surface area (Å²) >= 11 is 0. The molecule has 2 rings (SSSR count). The number of aryl methyl sites for hydroxylation is 2. The average Bonchev–Trinajstić information content (AvgIpc) is 2.36. The minimum absolute atomic E-state index is 0. The molecule has 2 heterocycles. The van der Waals surface area contributed by atoms with Crippen LogP contribution in [-0.2, 0) is 13.0 Å². The molecule has 3 nitrogen and oxygen atoms in total. The van der Waals surface area contributed by atoms with E-state index in [1.165, 1.54) is 6.42 Å². The van der Waals surface area contributed by atoms with Gasteiger partial charge in [0.2, 0.25) is 0 Å².